The molecular formula is C14H24O5. The van der Waals surface area contributed by atoms with Crippen molar-refractivity contribution in [1.82, 2.24) is 0 Å². The second kappa shape index (κ2) is 4.72. The van der Waals surface area contributed by atoms with Crippen LogP contribution in [0.1, 0.15) is 26.7 Å². The summed E-state index contributed by atoms with van der Waals surface area (Å²) >= 11 is 0. The SMILES string of the molecule is COC(=O)CC1C2CC(O)C1C(C)(CO)C2(C)CO. The number of ether oxygens (including phenoxy) is 1. The van der Waals surface area contributed by atoms with Crippen LogP contribution in [0.15, 0.2) is 0 Å². The number of methoxy groups -OCH3 is 1. The molecule has 2 aliphatic rings. The topological polar surface area (TPSA) is 87.0 Å². The van der Waals surface area contributed by atoms with E-state index in [4.69, 9.17) is 4.74 Å². The van der Waals surface area contributed by atoms with E-state index in [-0.39, 0.29) is 43.4 Å². The number of aliphatic hydroxyl groups is 3. The van der Waals surface area contributed by atoms with E-state index < -0.39 is 16.9 Å². The molecule has 0 aromatic carbocycles. The van der Waals surface area contributed by atoms with Crippen molar-refractivity contribution in [3.63, 3.8) is 0 Å². The Balaban J connectivity index is 2.37. The predicted molar refractivity (Wildman–Crippen MR) is 68.1 cm³/mol. The van der Waals surface area contributed by atoms with E-state index >= 15 is 0 Å². The van der Waals surface area contributed by atoms with Crippen molar-refractivity contribution in [3.8, 4) is 0 Å². The van der Waals surface area contributed by atoms with Crippen molar-refractivity contribution in [2.75, 3.05) is 20.3 Å². The van der Waals surface area contributed by atoms with Gasteiger partial charge < -0.3 is 20.1 Å². The van der Waals surface area contributed by atoms with Crippen molar-refractivity contribution in [2.45, 2.75) is 32.8 Å². The monoisotopic (exact) mass is 272 g/mol. The summed E-state index contributed by atoms with van der Waals surface area (Å²) in [7, 11) is 1.35. The molecular weight excluding hydrogens is 248 g/mol. The first-order valence-electron chi connectivity index (χ1n) is 6.82. The quantitative estimate of drug-likeness (QED) is 0.635. The molecule has 0 aliphatic heterocycles. The second-order valence-electron chi connectivity index (χ2n) is 6.53. The standard InChI is InChI=1S/C14H24O5/c1-13(6-15)9-5-10(17)12(14(13,2)7-16)8(9)4-11(18)19-3/h8-10,12,15-17H,4-7H2,1-3H3. The minimum absolute atomic E-state index is 0.0308. The molecule has 0 aromatic heterocycles. The van der Waals surface area contributed by atoms with Crippen LogP contribution in [-0.4, -0.2) is 47.7 Å². The van der Waals surface area contributed by atoms with E-state index in [1.54, 1.807) is 0 Å². The van der Waals surface area contributed by atoms with E-state index in [0.717, 1.165) is 0 Å². The van der Waals surface area contributed by atoms with Crippen molar-refractivity contribution in [2.24, 2.45) is 28.6 Å². The average molecular weight is 272 g/mol. The second-order valence-corrected chi connectivity index (χ2v) is 6.53. The molecule has 0 spiro atoms. The summed E-state index contributed by atoms with van der Waals surface area (Å²) in [4.78, 5) is 11.6. The lowest BCUT2D eigenvalue weighted by Crippen LogP contribution is -2.51. The lowest BCUT2D eigenvalue weighted by atomic mass is 9.58. The molecule has 2 rings (SSSR count). The third kappa shape index (κ3) is 1.75. The normalized spacial score (nSPS) is 48.5. The van der Waals surface area contributed by atoms with Gasteiger partial charge in [-0.2, -0.15) is 0 Å². The van der Waals surface area contributed by atoms with Crippen LogP contribution in [0.3, 0.4) is 0 Å². The van der Waals surface area contributed by atoms with Gasteiger partial charge in [-0.1, -0.05) is 13.8 Å². The fourth-order valence-electron chi connectivity index (χ4n) is 4.68. The Morgan fingerprint density at radius 1 is 1.26 bits per heavy atom. The predicted octanol–water partition coefficient (Wildman–Crippen LogP) is 0.173. The number of hydrogen-bond acceptors (Lipinski definition) is 5. The zero-order valence-electron chi connectivity index (χ0n) is 11.8. The minimum atomic E-state index is -0.567. The summed E-state index contributed by atoms with van der Waals surface area (Å²) in [6, 6.07) is 0. The molecule has 0 amide bonds. The Morgan fingerprint density at radius 2 is 1.84 bits per heavy atom. The molecule has 0 heterocycles. The lowest BCUT2D eigenvalue weighted by molar-refractivity contribution is -0.142. The fourth-order valence-corrected chi connectivity index (χ4v) is 4.68. The Kier molecular flexibility index (Phi) is 3.66. The number of carbonyl (C=O) groups is 1. The Hall–Kier alpha value is -0.650. The summed E-state index contributed by atoms with van der Waals surface area (Å²) in [6.07, 6.45) is 0.309. The van der Waals surface area contributed by atoms with Gasteiger partial charge in [-0.15, -0.1) is 0 Å². The smallest absolute Gasteiger partial charge is 0.305 e. The van der Waals surface area contributed by atoms with E-state index in [1.165, 1.54) is 7.11 Å². The van der Waals surface area contributed by atoms with Crippen molar-refractivity contribution in [1.29, 1.82) is 0 Å². The maximum absolute atomic E-state index is 11.6. The number of carbonyl (C=O) groups excluding carboxylic acids is 1. The molecule has 2 fully saturated rings. The molecule has 0 saturated heterocycles. The van der Waals surface area contributed by atoms with Gasteiger partial charge in [-0.25, -0.2) is 0 Å². The van der Waals surface area contributed by atoms with E-state index in [2.05, 4.69) is 0 Å². The summed E-state index contributed by atoms with van der Waals surface area (Å²) in [5, 5.41) is 29.8. The van der Waals surface area contributed by atoms with E-state index in [9.17, 15) is 20.1 Å². The first-order chi connectivity index (χ1) is 8.85. The molecule has 6 atom stereocenters. The Bertz CT molecular complexity index is 371. The molecule has 110 valence electrons. The van der Waals surface area contributed by atoms with Gasteiger partial charge in [0.15, 0.2) is 0 Å². The molecule has 5 heteroatoms. The third-order valence-electron chi connectivity index (χ3n) is 6.03. The average Bonchev–Trinajstić information content (AvgIpc) is 2.81. The Morgan fingerprint density at radius 3 is 2.32 bits per heavy atom. The van der Waals surface area contributed by atoms with Crippen LogP contribution in [0.25, 0.3) is 0 Å². The number of esters is 1. The van der Waals surface area contributed by atoms with Crippen molar-refractivity contribution >= 4 is 5.97 Å². The van der Waals surface area contributed by atoms with Crippen molar-refractivity contribution in [3.05, 3.63) is 0 Å². The first kappa shape index (κ1) is 14.8. The molecule has 0 aromatic rings. The number of aliphatic hydroxyl groups excluding tert-OH is 3. The summed E-state index contributed by atoms with van der Waals surface area (Å²) in [6.45, 7) is 3.71. The Labute approximate surface area is 113 Å². The molecule has 0 radical (unpaired) electrons. The molecule has 6 unspecified atom stereocenters. The number of hydrogen-bond donors (Lipinski definition) is 3. The van der Waals surface area contributed by atoms with Gasteiger partial charge >= 0.3 is 5.97 Å². The van der Waals surface area contributed by atoms with Crippen LogP contribution in [0.2, 0.25) is 0 Å². The molecule has 19 heavy (non-hydrogen) atoms. The summed E-state index contributed by atoms with van der Waals surface area (Å²) < 4.78 is 4.73. The van der Waals surface area contributed by atoms with Crippen LogP contribution in [0.4, 0.5) is 0 Å². The molecule has 5 nitrogen and oxygen atoms in total. The van der Waals surface area contributed by atoms with Gasteiger partial charge in [0.25, 0.3) is 0 Å². The van der Waals surface area contributed by atoms with Crippen LogP contribution in [0.5, 0.6) is 0 Å². The van der Waals surface area contributed by atoms with Gasteiger partial charge in [0.05, 0.1) is 13.2 Å². The zero-order valence-corrected chi connectivity index (χ0v) is 11.8. The van der Waals surface area contributed by atoms with Crippen LogP contribution in [0, 0.1) is 28.6 Å². The minimum Gasteiger partial charge on any atom is -0.469 e. The summed E-state index contributed by atoms with van der Waals surface area (Å²) in [5.41, 5.74) is -1.03. The third-order valence-corrected chi connectivity index (χ3v) is 6.03. The van der Waals surface area contributed by atoms with Crippen molar-refractivity contribution < 1.29 is 24.9 Å². The molecule has 2 aliphatic carbocycles. The highest BCUT2D eigenvalue weighted by Gasteiger charge is 2.69. The van der Waals surface area contributed by atoms with Gasteiger partial charge in [-0.05, 0) is 24.2 Å². The molecule has 3 N–H and O–H groups in total. The highest BCUT2D eigenvalue weighted by atomic mass is 16.5. The highest BCUT2D eigenvalue weighted by Crippen LogP contribution is 2.69. The number of fused-ring (bicyclic) bond motifs is 2. The highest BCUT2D eigenvalue weighted by molar-refractivity contribution is 5.69. The van der Waals surface area contributed by atoms with Gasteiger partial charge in [-0.3, -0.25) is 4.79 Å². The largest absolute Gasteiger partial charge is 0.469 e. The van der Waals surface area contributed by atoms with E-state index in [0.29, 0.717) is 6.42 Å². The molecule has 2 bridgehead atoms. The molecule has 2 saturated carbocycles. The zero-order chi connectivity index (χ0) is 14.4. The maximum atomic E-state index is 11.6. The maximum Gasteiger partial charge on any atom is 0.305 e. The van der Waals surface area contributed by atoms with E-state index in [1.807, 2.05) is 13.8 Å². The van der Waals surface area contributed by atoms with Crippen LogP contribution >= 0.6 is 0 Å². The van der Waals surface area contributed by atoms with Gasteiger partial charge in [0.1, 0.15) is 0 Å². The first-order valence-corrected chi connectivity index (χ1v) is 6.82. The summed E-state index contributed by atoms with van der Waals surface area (Å²) in [5.74, 6) is -0.458. The number of rotatable bonds is 4. The van der Waals surface area contributed by atoms with Crippen LogP contribution in [-0.2, 0) is 9.53 Å². The van der Waals surface area contributed by atoms with Gasteiger partial charge in [0, 0.05) is 30.5 Å². The van der Waals surface area contributed by atoms with Gasteiger partial charge in [0.2, 0.25) is 0 Å². The van der Waals surface area contributed by atoms with Crippen LogP contribution < -0.4 is 0 Å². The lowest BCUT2D eigenvalue weighted by Gasteiger charge is -2.49. The fraction of sp³-hybridized carbons (Fsp3) is 0.929.